The molecule has 6 heteroatoms. The van der Waals surface area contributed by atoms with Gasteiger partial charge in [0.2, 0.25) is 0 Å². The largest absolute Gasteiger partial charge is 0.378 e. The number of piperazine rings is 1. The molecule has 3 rings (SSSR count). The van der Waals surface area contributed by atoms with Gasteiger partial charge in [-0.2, -0.15) is 0 Å². The summed E-state index contributed by atoms with van der Waals surface area (Å²) in [5.41, 5.74) is 1.85. The van der Waals surface area contributed by atoms with Crippen LogP contribution >= 0.6 is 0 Å². The Labute approximate surface area is 137 Å². The van der Waals surface area contributed by atoms with Gasteiger partial charge in [-0.25, -0.2) is 0 Å². The Morgan fingerprint density at radius 3 is 2.74 bits per heavy atom. The first-order valence-electron chi connectivity index (χ1n) is 8.57. The van der Waals surface area contributed by atoms with Crippen LogP contribution in [0.1, 0.15) is 22.3 Å². The number of hydrogen-bond donors (Lipinski definition) is 1. The van der Waals surface area contributed by atoms with E-state index in [1.54, 1.807) is 6.20 Å². The molecule has 126 valence electrons. The van der Waals surface area contributed by atoms with E-state index in [0.717, 1.165) is 51.1 Å². The van der Waals surface area contributed by atoms with Gasteiger partial charge in [-0.3, -0.25) is 9.78 Å². The lowest BCUT2D eigenvalue weighted by atomic mass is 10.1. The van der Waals surface area contributed by atoms with E-state index in [9.17, 15) is 4.79 Å². The number of rotatable bonds is 5. The third-order valence-electron chi connectivity index (χ3n) is 4.49. The summed E-state index contributed by atoms with van der Waals surface area (Å²) >= 11 is 0. The van der Waals surface area contributed by atoms with E-state index in [1.807, 2.05) is 17.2 Å². The van der Waals surface area contributed by atoms with Crippen molar-refractivity contribution in [1.29, 1.82) is 0 Å². The Morgan fingerprint density at radius 1 is 1.17 bits per heavy atom. The average molecular weight is 318 g/mol. The molecule has 1 aromatic rings. The topological polar surface area (TPSA) is 57.7 Å². The zero-order valence-electron chi connectivity index (χ0n) is 13.7. The van der Waals surface area contributed by atoms with Crippen LogP contribution in [0.2, 0.25) is 0 Å². The number of nitrogens with one attached hydrogen (secondary N) is 1. The molecule has 0 bridgehead atoms. The molecule has 2 fully saturated rings. The van der Waals surface area contributed by atoms with E-state index in [4.69, 9.17) is 4.74 Å². The highest BCUT2D eigenvalue weighted by Gasteiger charge is 2.19. The highest BCUT2D eigenvalue weighted by molar-refractivity contribution is 5.94. The summed E-state index contributed by atoms with van der Waals surface area (Å²) in [6, 6.07) is 2.00. The van der Waals surface area contributed by atoms with Crippen LogP contribution in [0.3, 0.4) is 0 Å². The molecule has 0 unspecified atom stereocenters. The van der Waals surface area contributed by atoms with Crippen molar-refractivity contribution in [3.05, 3.63) is 29.6 Å². The number of carbonyl (C=O) groups excluding carboxylic acids is 1. The minimum Gasteiger partial charge on any atom is -0.378 e. The van der Waals surface area contributed by atoms with Crippen molar-refractivity contribution in [2.45, 2.75) is 12.8 Å². The van der Waals surface area contributed by atoms with Gasteiger partial charge in [0.15, 0.2) is 0 Å². The number of aromatic nitrogens is 1. The number of nitrogens with zero attached hydrogens (tertiary/aromatic N) is 3. The van der Waals surface area contributed by atoms with Crippen LogP contribution in [0.4, 0.5) is 0 Å². The first-order chi connectivity index (χ1) is 11.3. The van der Waals surface area contributed by atoms with E-state index in [0.29, 0.717) is 31.9 Å². The molecule has 0 atom stereocenters. The molecule has 1 N–H and O–H groups in total. The highest BCUT2D eigenvalue weighted by atomic mass is 16.5. The van der Waals surface area contributed by atoms with Gasteiger partial charge in [0.25, 0.3) is 5.91 Å². The Hall–Kier alpha value is -1.50. The molecule has 1 aromatic heterocycles. The van der Waals surface area contributed by atoms with Crippen molar-refractivity contribution in [2.24, 2.45) is 0 Å². The van der Waals surface area contributed by atoms with E-state index in [1.165, 1.54) is 0 Å². The molecule has 2 saturated heterocycles. The number of aryl methyl sites for hydroxylation is 1. The first-order valence-corrected chi connectivity index (χ1v) is 8.57. The summed E-state index contributed by atoms with van der Waals surface area (Å²) in [6.07, 6.45) is 5.64. The molecule has 0 spiro atoms. The summed E-state index contributed by atoms with van der Waals surface area (Å²) < 4.78 is 5.30. The second kappa shape index (κ2) is 8.38. The molecular weight excluding hydrogens is 292 g/mol. The molecular formula is C17H26N4O2. The van der Waals surface area contributed by atoms with Crippen LogP contribution in [-0.2, 0) is 11.2 Å². The SMILES string of the molecule is O=C(c1cncc(CCCN2CCNCC2)c1)N1CCOCC1. The van der Waals surface area contributed by atoms with Crippen LogP contribution in [0.15, 0.2) is 18.5 Å². The third-order valence-corrected chi connectivity index (χ3v) is 4.49. The second-order valence-corrected chi connectivity index (χ2v) is 6.18. The Morgan fingerprint density at radius 2 is 1.96 bits per heavy atom. The monoisotopic (exact) mass is 318 g/mol. The Balaban J connectivity index is 1.51. The Kier molecular flexibility index (Phi) is 5.96. The van der Waals surface area contributed by atoms with Crippen LogP contribution in [-0.4, -0.2) is 79.7 Å². The minimum absolute atomic E-state index is 0.0738. The predicted octanol–water partition coefficient (Wildman–Crippen LogP) is 0.392. The van der Waals surface area contributed by atoms with Gasteiger partial charge in [0.05, 0.1) is 18.8 Å². The summed E-state index contributed by atoms with van der Waals surface area (Å²) in [4.78, 5) is 21.1. The van der Waals surface area contributed by atoms with Gasteiger partial charge in [-0.05, 0) is 31.0 Å². The number of amides is 1. The Bertz CT molecular complexity index is 511. The fourth-order valence-electron chi connectivity index (χ4n) is 3.13. The molecule has 3 heterocycles. The van der Waals surface area contributed by atoms with E-state index in [2.05, 4.69) is 15.2 Å². The number of pyridine rings is 1. The normalized spacial score (nSPS) is 19.7. The lowest BCUT2D eigenvalue weighted by molar-refractivity contribution is 0.0302. The van der Waals surface area contributed by atoms with Crippen molar-refractivity contribution in [2.75, 3.05) is 59.0 Å². The maximum absolute atomic E-state index is 12.5. The minimum atomic E-state index is 0.0738. The molecule has 1 amide bonds. The van der Waals surface area contributed by atoms with Crippen molar-refractivity contribution < 1.29 is 9.53 Å². The first kappa shape index (κ1) is 16.4. The number of morpholine rings is 1. The van der Waals surface area contributed by atoms with Crippen LogP contribution < -0.4 is 5.32 Å². The highest BCUT2D eigenvalue weighted by Crippen LogP contribution is 2.10. The summed E-state index contributed by atoms with van der Waals surface area (Å²) in [5, 5.41) is 3.37. The molecule has 0 aliphatic carbocycles. The number of hydrogen-bond acceptors (Lipinski definition) is 5. The molecule has 23 heavy (non-hydrogen) atoms. The maximum atomic E-state index is 12.5. The van der Waals surface area contributed by atoms with Crippen LogP contribution in [0.25, 0.3) is 0 Å². The molecule has 2 aliphatic heterocycles. The zero-order chi connectivity index (χ0) is 15.9. The molecule has 6 nitrogen and oxygen atoms in total. The van der Waals surface area contributed by atoms with Crippen molar-refractivity contribution in [3.8, 4) is 0 Å². The summed E-state index contributed by atoms with van der Waals surface area (Å²) in [7, 11) is 0. The molecule has 2 aliphatic rings. The molecule has 0 radical (unpaired) electrons. The van der Waals surface area contributed by atoms with Crippen molar-refractivity contribution in [3.63, 3.8) is 0 Å². The lowest BCUT2D eigenvalue weighted by Crippen LogP contribution is -2.43. The van der Waals surface area contributed by atoms with Crippen molar-refractivity contribution >= 4 is 5.91 Å². The van der Waals surface area contributed by atoms with Crippen LogP contribution in [0, 0.1) is 0 Å². The third kappa shape index (κ3) is 4.73. The smallest absolute Gasteiger partial charge is 0.255 e. The summed E-state index contributed by atoms with van der Waals surface area (Å²) in [6.45, 7) is 8.16. The van der Waals surface area contributed by atoms with Gasteiger partial charge < -0.3 is 19.9 Å². The number of ether oxygens (including phenoxy) is 1. The second-order valence-electron chi connectivity index (χ2n) is 6.18. The predicted molar refractivity (Wildman–Crippen MR) is 88.6 cm³/mol. The van der Waals surface area contributed by atoms with Crippen LogP contribution in [0.5, 0.6) is 0 Å². The molecule has 0 saturated carbocycles. The van der Waals surface area contributed by atoms with Gasteiger partial charge in [-0.1, -0.05) is 0 Å². The van der Waals surface area contributed by atoms with Crippen molar-refractivity contribution in [1.82, 2.24) is 20.1 Å². The van der Waals surface area contributed by atoms with Gasteiger partial charge in [-0.15, -0.1) is 0 Å². The zero-order valence-corrected chi connectivity index (χ0v) is 13.7. The van der Waals surface area contributed by atoms with Gasteiger partial charge in [0, 0.05) is 51.7 Å². The standard InChI is InChI=1S/C17H26N4O2/c22-17(21-8-10-23-11-9-21)16-12-15(13-19-14-16)2-1-5-20-6-3-18-4-7-20/h12-14,18H,1-11H2. The number of carbonyl (C=O) groups is 1. The quantitative estimate of drug-likeness (QED) is 0.851. The van der Waals surface area contributed by atoms with E-state index < -0.39 is 0 Å². The summed E-state index contributed by atoms with van der Waals surface area (Å²) in [5.74, 6) is 0.0738. The lowest BCUT2D eigenvalue weighted by Gasteiger charge is -2.27. The van der Waals surface area contributed by atoms with Gasteiger partial charge >= 0.3 is 0 Å². The average Bonchev–Trinajstić information content (AvgIpc) is 2.63. The van der Waals surface area contributed by atoms with Gasteiger partial charge in [0.1, 0.15) is 0 Å². The van der Waals surface area contributed by atoms with E-state index in [-0.39, 0.29) is 5.91 Å². The van der Waals surface area contributed by atoms with E-state index >= 15 is 0 Å². The fourth-order valence-corrected chi connectivity index (χ4v) is 3.13. The maximum Gasteiger partial charge on any atom is 0.255 e. The molecule has 0 aromatic carbocycles. The fraction of sp³-hybridized carbons (Fsp3) is 0.647.